The Morgan fingerprint density at radius 3 is 3.22 bits per heavy atom. The zero-order chi connectivity index (χ0) is 15.7. The van der Waals surface area contributed by atoms with Crippen molar-refractivity contribution in [3.05, 3.63) is 42.1 Å². The number of rotatable bonds is 3. The molecular formula is C19H23N3O. The molecule has 0 unspecified atom stereocenters. The van der Waals surface area contributed by atoms with Crippen LogP contribution in [0.3, 0.4) is 0 Å². The van der Waals surface area contributed by atoms with Gasteiger partial charge in [0, 0.05) is 24.7 Å². The van der Waals surface area contributed by atoms with Gasteiger partial charge in [0.1, 0.15) is 0 Å². The number of carbonyl (C=O) groups is 1. The fourth-order valence-corrected chi connectivity index (χ4v) is 4.26. The molecule has 1 amide bonds. The number of amides is 1. The van der Waals surface area contributed by atoms with Gasteiger partial charge in [0.05, 0.1) is 10.9 Å². The molecule has 1 aliphatic heterocycles. The third-order valence-electron chi connectivity index (χ3n) is 5.59. The lowest BCUT2D eigenvalue weighted by Gasteiger charge is -2.37. The molecule has 4 nitrogen and oxygen atoms in total. The van der Waals surface area contributed by atoms with Gasteiger partial charge in [0.25, 0.3) is 0 Å². The van der Waals surface area contributed by atoms with Gasteiger partial charge < -0.3 is 10.6 Å². The highest BCUT2D eigenvalue weighted by Crippen LogP contribution is 2.43. The molecule has 1 saturated carbocycles. The fourth-order valence-electron chi connectivity index (χ4n) is 4.26. The van der Waals surface area contributed by atoms with E-state index < -0.39 is 0 Å². The minimum Gasteiger partial charge on any atom is -0.351 e. The maximum absolute atomic E-state index is 12.9. The van der Waals surface area contributed by atoms with E-state index in [9.17, 15) is 4.79 Å². The summed E-state index contributed by atoms with van der Waals surface area (Å²) in [5.41, 5.74) is 1.88. The van der Waals surface area contributed by atoms with Crippen LogP contribution in [0.25, 0.3) is 10.9 Å². The third-order valence-corrected chi connectivity index (χ3v) is 5.59. The van der Waals surface area contributed by atoms with Crippen molar-refractivity contribution in [2.24, 2.45) is 11.3 Å². The van der Waals surface area contributed by atoms with Gasteiger partial charge in [-0.3, -0.25) is 9.78 Å². The van der Waals surface area contributed by atoms with Crippen molar-refractivity contribution in [3.63, 3.8) is 0 Å². The van der Waals surface area contributed by atoms with Crippen LogP contribution in [-0.2, 0) is 11.3 Å². The Labute approximate surface area is 136 Å². The summed E-state index contributed by atoms with van der Waals surface area (Å²) in [4.78, 5) is 17.3. The molecule has 0 spiro atoms. The van der Waals surface area contributed by atoms with Crippen LogP contribution < -0.4 is 10.6 Å². The van der Waals surface area contributed by atoms with Crippen molar-refractivity contribution in [2.45, 2.75) is 32.2 Å². The smallest absolute Gasteiger partial charge is 0.228 e. The molecule has 0 bridgehead atoms. The first kappa shape index (κ1) is 14.6. The second kappa shape index (κ2) is 5.93. The molecule has 2 fully saturated rings. The minimum atomic E-state index is -0.178. The molecule has 2 aliphatic rings. The van der Waals surface area contributed by atoms with Gasteiger partial charge in [0.2, 0.25) is 5.91 Å². The maximum atomic E-state index is 12.9. The van der Waals surface area contributed by atoms with Crippen molar-refractivity contribution in [3.8, 4) is 0 Å². The molecule has 2 aromatic rings. The molecule has 120 valence electrons. The third kappa shape index (κ3) is 2.61. The Bertz CT molecular complexity index is 729. The highest BCUT2D eigenvalue weighted by Gasteiger charge is 2.49. The lowest BCUT2D eigenvalue weighted by Crippen LogP contribution is -2.47. The molecule has 1 saturated heterocycles. The average Bonchev–Trinajstić information content (AvgIpc) is 3.04. The first-order valence-corrected chi connectivity index (χ1v) is 8.61. The van der Waals surface area contributed by atoms with E-state index in [0.29, 0.717) is 12.5 Å². The Hall–Kier alpha value is -1.94. The van der Waals surface area contributed by atoms with Crippen LogP contribution in [0.5, 0.6) is 0 Å². The normalized spacial score (nSPS) is 26.9. The van der Waals surface area contributed by atoms with Crippen LogP contribution in [0.15, 0.2) is 36.5 Å². The Morgan fingerprint density at radius 2 is 2.26 bits per heavy atom. The number of pyridine rings is 1. The summed E-state index contributed by atoms with van der Waals surface area (Å²) in [6, 6.07) is 10.2. The van der Waals surface area contributed by atoms with Crippen LogP contribution in [0.1, 0.15) is 31.2 Å². The summed E-state index contributed by atoms with van der Waals surface area (Å²) in [6.07, 6.45) is 6.50. The molecule has 2 atom stereocenters. The van der Waals surface area contributed by atoms with Gasteiger partial charge in [-0.2, -0.15) is 0 Å². The van der Waals surface area contributed by atoms with Crippen LogP contribution in [0.2, 0.25) is 0 Å². The Morgan fingerprint density at radius 1 is 1.35 bits per heavy atom. The summed E-state index contributed by atoms with van der Waals surface area (Å²) in [5, 5.41) is 7.73. The van der Waals surface area contributed by atoms with Gasteiger partial charge in [-0.25, -0.2) is 0 Å². The number of carbonyl (C=O) groups excluding carboxylic acids is 1. The van der Waals surface area contributed by atoms with Crippen molar-refractivity contribution in [2.75, 3.05) is 13.1 Å². The molecule has 0 radical (unpaired) electrons. The van der Waals surface area contributed by atoms with Gasteiger partial charge >= 0.3 is 0 Å². The van der Waals surface area contributed by atoms with Gasteiger partial charge in [-0.1, -0.05) is 31.0 Å². The van der Waals surface area contributed by atoms with Crippen molar-refractivity contribution < 1.29 is 4.79 Å². The molecule has 1 aromatic carbocycles. The highest BCUT2D eigenvalue weighted by atomic mass is 16.2. The number of para-hydroxylation sites is 1. The second-order valence-electron chi connectivity index (χ2n) is 6.95. The molecule has 1 aliphatic carbocycles. The van der Waals surface area contributed by atoms with Gasteiger partial charge in [0.15, 0.2) is 0 Å². The molecule has 4 heteroatoms. The van der Waals surface area contributed by atoms with Crippen molar-refractivity contribution in [1.29, 1.82) is 0 Å². The minimum absolute atomic E-state index is 0.178. The average molecular weight is 309 g/mol. The topological polar surface area (TPSA) is 54.0 Å². The highest BCUT2D eigenvalue weighted by molar-refractivity contribution is 5.84. The van der Waals surface area contributed by atoms with E-state index in [0.717, 1.165) is 36.0 Å². The number of aromatic nitrogens is 1. The summed E-state index contributed by atoms with van der Waals surface area (Å²) in [6.45, 7) is 2.38. The second-order valence-corrected chi connectivity index (χ2v) is 6.95. The van der Waals surface area contributed by atoms with Crippen LogP contribution in [0.4, 0.5) is 0 Å². The van der Waals surface area contributed by atoms with Crippen molar-refractivity contribution >= 4 is 16.8 Å². The van der Waals surface area contributed by atoms with E-state index in [-0.39, 0.29) is 11.3 Å². The first-order valence-electron chi connectivity index (χ1n) is 8.61. The zero-order valence-electron chi connectivity index (χ0n) is 13.3. The standard InChI is InChI=1S/C19H23N3O/c23-18(19-8-4-3-6-16(19)12-20-13-19)22-11-14-9-15-5-1-2-7-17(15)21-10-14/h1-2,5,7,9-10,16,20H,3-4,6,8,11-13H2,(H,22,23)/t16-,19+/m0/s1. The number of nitrogens with zero attached hydrogens (tertiary/aromatic N) is 1. The van der Waals surface area contributed by atoms with Gasteiger partial charge in [-0.05, 0) is 43.0 Å². The fraction of sp³-hybridized carbons (Fsp3) is 0.474. The van der Waals surface area contributed by atoms with E-state index in [4.69, 9.17) is 0 Å². The monoisotopic (exact) mass is 309 g/mol. The molecule has 2 N–H and O–H groups in total. The summed E-state index contributed by atoms with van der Waals surface area (Å²) in [5.74, 6) is 0.728. The molecule has 1 aromatic heterocycles. The SMILES string of the molecule is O=C(NCc1cnc2ccccc2c1)[C@@]12CCCC[C@H]1CNC2. The number of fused-ring (bicyclic) bond motifs is 2. The largest absolute Gasteiger partial charge is 0.351 e. The lowest BCUT2D eigenvalue weighted by molar-refractivity contribution is -0.134. The maximum Gasteiger partial charge on any atom is 0.228 e. The van der Waals surface area contributed by atoms with E-state index in [2.05, 4.69) is 27.8 Å². The molecule has 2 heterocycles. The van der Waals surface area contributed by atoms with Crippen LogP contribution in [-0.4, -0.2) is 24.0 Å². The first-order chi connectivity index (χ1) is 11.3. The predicted octanol–water partition coefficient (Wildman–Crippen LogP) is 2.63. The number of hydrogen-bond acceptors (Lipinski definition) is 3. The number of nitrogens with one attached hydrogen (secondary N) is 2. The molecule has 4 rings (SSSR count). The lowest BCUT2D eigenvalue weighted by atomic mass is 9.67. The number of hydrogen-bond donors (Lipinski definition) is 2. The summed E-state index contributed by atoms with van der Waals surface area (Å²) >= 11 is 0. The summed E-state index contributed by atoms with van der Waals surface area (Å²) in [7, 11) is 0. The van der Waals surface area contributed by atoms with Gasteiger partial charge in [-0.15, -0.1) is 0 Å². The van der Waals surface area contributed by atoms with Crippen LogP contribution in [0, 0.1) is 11.3 Å². The Balaban J connectivity index is 1.48. The van der Waals surface area contributed by atoms with E-state index >= 15 is 0 Å². The van der Waals surface area contributed by atoms with E-state index in [1.54, 1.807) is 0 Å². The quantitative estimate of drug-likeness (QED) is 0.916. The predicted molar refractivity (Wildman–Crippen MR) is 90.9 cm³/mol. The molecular weight excluding hydrogens is 286 g/mol. The zero-order valence-corrected chi connectivity index (χ0v) is 13.3. The summed E-state index contributed by atoms with van der Waals surface area (Å²) < 4.78 is 0. The van der Waals surface area contributed by atoms with Crippen molar-refractivity contribution in [1.82, 2.24) is 15.6 Å². The van der Waals surface area contributed by atoms with Crippen LogP contribution >= 0.6 is 0 Å². The van der Waals surface area contributed by atoms with E-state index in [1.165, 1.54) is 19.3 Å². The number of benzene rings is 1. The molecule has 23 heavy (non-hydrogen) atoms. The Kier molecular flexibility index (Phi) is 3.77. The van der Waals surface area contributed by atoms with E-state index in [1.807, 2.05) is 24.4 Å².